The highest BCUT2D eigenvalue weighted by molar-refractivity contribution is 5.85. The summed E-state index contributed by atoms with van der Waals surface area (Å²) in [5, 5.41) is 19.7. The molecule has 1 aliphatic rings. The topological polar surface area (TPSA) is 87.2 Å². The number of nitrogens with zero attached hydrogens (tertiary/aromatic N) is 3. The van der Waals surface area contributed by atoms with Crippen LogP contribution in [0.5, 0.6) is 0 Å². The standard InChI is InChI=1S/C12H11N3O3/c13-7-9-6-10(15(17)18)3-4-12(9)14-5-1-2-11(16)8-14/h3-4,6H,1-2,5,8H2. The smallest absolute Gasteiger partial charge is 0.270 e. The molecule has 6 nitrogen and oxygen atoms in total. The summed E-state index contributed by atoms with van der Waals surface area (Å²) in [6.45, 7) is 0.963. The Bertz CT molecular complexity index is 548. The molecule has 0 saturated carbocycles. The minimum Gasteiger partial charge on any atom is -0.363 e. The third kappa shape index (κ3) is 2.30. The van der Waals surface area contributed by atoms with Crippen LogP contribution in [0.3, 0.4) is 0 Å². The van der Waals surface area contributed by atoms with Crippen molar-refractivity contribution in [2.45, 2.75) is 12.8 Å². The second kappa shape index (κ2) is 4.84. The third-order valence-corrected chi connectivity index (χ3v) is 2.90. The van der Waals surface area contributed by atoms with Gasteiger partial charge in [-0.1, -0.05) is 0 Å². The summed E-state index contributed by atoms with van der Waals surface area (Å²) in [5.74, 6) is 0.128. The lowest BCUT2D eigenvalue weighted by atomic mass is 10.1. The van der Waals surface area contributed by atoms with E-state index in [1.807, 2.05) is 6.07 Å². The molecule has 0 spiro atoms. The molecule has 0 amide bonds. The molecule has 1 heterocycles. The van der Waals surface area contributed by atoms with Gasteiger partial charge >= 0.3 is 0 Å². The maximum atomic E-state index is 11.4. The molecular formula is C12H11N3O3. The van der Waals surface area contributed by atoms with Gasteiger partial charge in [0, 0.05) is 25.1 Å². The third-order valence-electron chi connectivity index (χ3n) is 2.90. The largest absolute Gasteiger partial charge is 0.363 e. The number of anilines is 1. The van der Waals surface area contributed by atoms with Gasteiger partial charge in [-0.05, 0) is 12.5 Å². The number of carbonyl (C=O) groups is 1. The van der Waals surface area contributed by atoms with E-state index in [2.05, 4.69) is 0 Å². The van der Waals surface area contributed by atoms with Crippen molar-refractivity contribution in [1.29, 1.82) is 5.26 Å². The maximum absolute atomic E-state index is 11.4. The van der Waals surface area contributed by atoms with Gasteiger partial charge in [0.25, 0.3) is 5.69 Å². The molecule has 2 rings (SSSR count). The van der Waals surface area contributed by atoms with E-state index in [0.29, 0.717) is 18.7 Å². The highest BCUT2D eigenvalue weighted by Crippen LogP contribution is 2.26. The Hall–Kier alpha value is -2.42. The first-order valence-electron chi connectivity index (χ1n) is 5.57. The molecule has 1 saturated heterocycles. The normalized spacial score (nSPS) is 15.3. The molecule has 1 aromatic carbocycles. The number of benzene rings is 1. The number of nitro groups is 1. The first-order valence-corrected chi connectivity index (χ1v) is 5.57. The summed E-state index contributed by atoms with van der Waals surface area (Å²) in [4.78, 5) is 23.3. The van der Waals surface area contributed by atoms with Crippen LogP contribution in [0.25, 0.3) is 0 Å². The van der Waals surface area contributed by atoms with Crippen LogP contribution in [0, 0.1) is 21.4 Å². The lowest BCUT2D eigenvalue weighted by molar-refractivity contribution is -0.384. The Labute approximate surface area is 104 Å². The van der Waals surface area contributed by atoms with E-state index in [1.165, 1.54) is 18.2 Å². The van der Waals surface area contributed by atoms with E-state index in [9.17, 15) is 14.9 Å². The fraction of sp³-hybridized carbons (Fsp3) is 0.333. The quantitative estimate of drug-likeness (QED) is 0.583. The molecule has 6 heteroatoms. The number of nitro benzene ring substituents is 1. The van der Waals surface area contributed by atoms with E-state index in [1.54, 1.807) is 4.90 Å². The number of hydrogen-bond acceptors (Lipinski definition) is 5. The van der Waals surface area contributed by atoms with Crippen molar-refractivity contribution in [3.05, 3.63) is 33.9 Å². The number of non-ortho nitro benzene ring substituents is 1. The van der Waals surface area contributed by atoms with Crippen molar-refractivity contribution in [2.24, 2.45) is 0 Å². The minimum absolute atomic E-state index is 0.112. The van der Waals surface area contributed by atoms with Crippen LogP contribution in [0.1, 0.15) is 18.4 Å². The second-order valence-electron chi connectivity index (χ2n) is 4.13. The molecule has 1 aliphatic heterocycles. The van der Waals surface area contributed by atoms with Crippen molar-refractivity contribution in [3.8, 4) is 6.07 Å². The summed E-state index contributed by atoms with van der Waals surface area (Å²) < 4.78 is 0. The van der Waals surface area contributed by atoms with Crippen molar-refractivity contribution in [3.63, 3.8) is 0 Å². The van der Waals surface area contributed by atoms with Crippen LogP contribution in [0.4, 0.5) is 11.4 Å². The Balaban J connectivity index is 2.36. The predicted molar refractivity (Wildman–Crippen MR) is 64.3 cm³/mol. The summed E-state index contributed by atoms with van der Waals surface area (Å²) in [7, 11) is 0. The number of piperidine rings is 1. The first kappa shape index (κ1) is 12.0. The average Bonchev–Trinajstić information content (AvgIpc) is 2.37. The number of carbonyl (C=O) groups excluding carboxylic acids is 1. The van der Waals surface area contributed by atoms with E-state index >= 15 is 0 Å². The van der Waals surface area contributed by atoms with Gasteiger partial charge < -0.3 is 4.90 Å². The van der Waals surface area contributed by atoms with Crippen LogP contribution in [0.2, 0.25) is 0 Å². The lowest BCUT2D eigenvalue weighted by Crippen LogP contribution is -2.35. The fourth-order valence-electron chi connectivity index (χ4n) is 2.05. The number of hydrogen-bond donors (Lipinski definition) is 0. The molecule has 0 bridgehead atoms. The van der Waals surface area contributed by atoms with Gasteiger partial charge in [0.2, 0.25) is 0 Å². The number of ketones is 1. The SMILES string of the molecule is N#Cc1cc([N+](=O)[O-])ccc1N1CCCC(=O)C1. The Kier molecular flexibility index (Phi) is 3.24. The van der Waals surface area contributed by atoms with Crippen molar-refractivity contribution >= 4 is 17.2 Å². The van der Waals surface area contributed by atoms with Gasteiger partial charge in [-0.25, -0.2) is 0 Å². The molecule has 0 aliphatic carbocycles. The van der Waals surface area contributed by atoms with E-state index in [4.69, 9.17) is 5.26 Å². The molecule has 1 fully saturated rings. The van der Waals surface area contributed by atoms with Crippen LogP contribution in [-0.4, -0.2) is 23.8 Å². The highest BCUT2D eigenvalue weighted by Gasteiger charge is 2.21. The molecule has 0 atom stereocenters. The van der Waals surface area contributed by atoms with E-state index < -0.39 is 4.92 Å². The summed E-state index contributed by atoms with van der Waals surface area (Å²) in [6.07, 6.45) is 1.31. The molecule has 1 aromatic rings. The summed E-state index contributed by atoms with van der Waals surface area (Å²) >= 11 is 0. The molecule has 92 valence electrons. The number of Topliss-reactive ketones (excluding diaryl/α,β-unsaturated/α-hetero) is 1. The fourth-order valence-corrected chi connectivity index (χ4v) is 2.05. The zero-order valence-electron chi connectivity index (χ0n) is 9.63. The zero-order chi connectivity index (χ0) is 13.1. The van der Waals surface area contributed by atoms with Crippen LogP contribution < -0.4 is 4.90 Å². The molecule has 0 aromatic heterocycles. The van der Waals surface area contributed by atoms with Gasteiger partial charge in [-0.15, -0.1) is 0 Å². The van der Waals surface area contributed by atoms with E-state index in [-0.39, 0.29) is 23.6 Å². The predicted octanol–water partition coefficient (Wildman–Crippen LogP) is 1.64. The highest BCUT2D eigenvalue weighted by atomic mass is 16.6. The lowest BCUT2D eigenvalue weighted by Gasteiger charge is -2.28. The maximum Gasteiger partial charge on any atom is 0.270 e. The minimum atomic E-state index is -0.536. The van der Waals surface area contributed by atoms with Crippen LogP contribution >= 0.6 is 0 Å². The van der Waals surface area contributed by atoms with E-state index in [0.717, 1.165) is 6.42 Å². The van der Waals surface area contributed by atoms with Gasteiger partial charge in [-0.2, -0.15) is 5.26 Å². The van der Waals surface area contributed by atoms with Crippen LogP contribution in [0.15, 0.2) is 18.2 Å². The summed E-state index contributed by atoms with van der Waals surface area (Å²) in [6, 6.07) is 6.08. The molecule has 0 unspecified atom stereocenters. The van der Waals surface area contributed by atoms with Crippen LogP contribution in [-0.2, 0) is 4.79 Å². The van der Waals surface area contributed by atoms with Gasteiger partial charge in [-0.3, -0.25) is 14.9 Å². The van der Waals surface area contributed by atoms with Gasteiger partial charge in [0.15, 0.2) is 5.78 Å². The van der Waals surface area contributed by atoms with Gasteiger partial charge in [0.1, 0.15) is 6.07 Å². The molecule has 0 radical (unpaired) electrons. The molecular weight excluding hydrogens is 234 g/mol. The monoisotopic (exact) mass is 245 g/mol. The van der Waals surface area contributed by atoms with Crippen molar-refractivity contribution in [2.75, 3.05) is 18.0 Å². The number of rotatable bonds is 2. The first-order chi connectivity index (χ1) is 8.61. The van der Waals surface area contributed by atoms with Crippen molar-refractivity contribution < 1.29 is 9.72 Å². The number of nitriles is 1. The average molecular weight is 245 g/mol. The Morgan fingerprint density at radius 3 is 2.83 bits per heavy atom. The van der Waals surface area contributed by atoms with Gasteiger partial charge in [0.05, 0.1) is 22.7 Å². The Morgan fingerprint density at radius 1 is 1.44 bits per heavy atom. The molecule has 0 N–H and O–H groups in total. The summed E-state index contributed by atoms with van der Waals surface area (Å²) in [5.41, 5.74) is 0.716. The Morgan fingerprint density at radius 2 is 2.22 bits per heavy atom. The van der Waals surface area contributed by atoms with Crippen molar-refractivity contribution in [1.82, 2.24) is 0 Å². The zero-order valence-corrected chi connectivity index (χ0v) is 9.63. The molecule has 18 heavy (non-hydrogen) atoms. The second-order valence-corrected chi connectivity index (χ2v) is 4.13.